The number of fused-ring (bicyclic) bond motifs is 1. The van der Waals surface area contributed by atoms with Crippen LogP contribution in [-0.4, -0.2) is 56.3 Å². The van der Waals surface area contributed by atoms with Crippen LogP contribution in [0.25, 0.3) is 0 Å². The van der Waals surface area contributed by atoms with Crippen LogP contribution in [-0.2, 0) is 4.79 Å². The Morgan fingerprint density at radius 1 is 1.14 bits per heavy atom. The zero-order chi connectivity index (χ0) is 20.4. The third-order valence-electron chi connectivity index (χ3n) is 5.21. The van der Waals surface area contributed by atoms with Crippen LogP contribution in [0.3, 0.4) is 0 Å². The Balaban J connectivity index is 0.00000300. The first-order valence-electron chi connectivity index (χ1n) is 9.38. The molecule has 0 bridgehead atoms. The monoisotopic (exact) mass is 436 g/mol. The van der Waals surface area contributed by atoms with E-state index in [9.17, 15) is 9.90 Å². The molecular weight excluding hydrogens is 408 g/mol. The molecular formula is C22H29ClN2O3S. The van der Waals surface area contributed by atoms with Crippen molar-refractivity contribution in [3.05, 3.63) is 53.1 Å². The van der Waals surface area contributed by atoms with Crippen molar-refractivity contribution in [3.8, 4) is 5.75 Å². The van der Waals surface area contributed by atoms with E-state index in [1.807, 2.05) is 50.2 Å². The number of benzene rings is 2. The normalized spacial score (nSPS) is 18.9. The molecule has 2 aromatic carbocycles. The molecule has 1 aliphatic rings. The quantitative estimate of drug-likeness (QED) is 0.771. The van der Waals surface area contributed by atoms with E-state index < -0.39 is 6.10 Å². The molecule has 0 saturated carbocycles. The number of aryl methyl sites for hydroxylation is 1. The minimum atomic E-state index is -1.12. The summed E-state index contributed by atoms with van der Waals surface area (Å²) < 4.78 is 5.24. The van der Waals surface area contributed by atoms with Crippen molar-refractivity contribution < 1.29 is 14.6 Å². The van der Waals surface area contributed by atoms with Crippen molar-refractivity contribution in [2.75, 3.05) is 39.2 Å². The van der Waals surface area contributed by atoms with E-state index in [0.717, 1.165) is 39.6 Å². The van der Waals surface area contributed by atoms with E-state index >= 15 is 0 Å². The topological polar surface area (TPSA) is 53.0 Å². The lowest BCUT2D eigenvalue weighted by molar-refractivity contribution is -0.126. The second-order valence-electron chi connectivity index (χ2n) is 7.40. The highest BCUT2D eigenvalue weighted by molar-refractivity contribution is 7.99. The molecule has 1 aliphatic heterocycles. The molecule has 1 amide bonds. The van der Waals surface area contributed by atoms with Gasteiger partial charge in [-0.2, -0.15) is 0 Å². The Hall–Kier alpha value is -1.73. The summed E-state index contributed by atoms with van der Waals surface area (Å²) in [6.45, 7) is 5.36. The lowest BCUT2D eigenvalue weighted by Gasteiger charge is -2.28. The summed E-state index contributed by atoms with van der Waals surface area (Å²) in [5.41, 5.74) is 4.05. The summed E-state index contributed by atoms with van der Waals surface area (Å²) in [7, 11) is 5.59. The van der Waals surface area contributed by atoms with E-state index in [2.05, 4.69) is 19.1 Å². The Morgan fingerprint density at radius 2 is 1.79 bits per heavy atom. The van der Waals surface area contributed by atoms with Gasteiger partial charge in [-0.15, -0.1) is 24.2 Å². The van der Waals surface area contributed by atoms with Crippen molar-refractivity contribution in [1.82, 2.24) is 4.90 Å². The summed E-state index contributed by atoms with van der Waals surface area (Å²) in [6, 6.07) is 11.7. The molecule has 158 valence electrons. The van der Waals surface area contributed by atoms with Crippen molar-refractivity contribution in [3.63, 3.8) is 0 Å². The third kappa shape index (κ3) is 4.89. The molecule has 0 saturated heterocycles. The predicted octanol–water partition coefficient (Wildman–Crippen LogP) is 3.84. The number of hydrogen-bond acceptors (Lipinski definition) is 5. The van der Waals surface area contributed by atoms with Crippen LogP contribution in [0.15, 0.2) is 41.3 Å². The predicted molar refractivity (Wildman–Crippen MR) is 122 cm³/mol. The third-order valence-corrected chi connectivity index (χ3v) is 6.58. The van der Waals surface area contributed by atoms with Crippen LogP contribution in [0, 0.1) is 13.8 Å². The molecule has 3 rings (SSSR count). The van der Waals surface area contributed by atoms with Crippen LogP contribution >= 0.6 is 24.2 Å². The Morgan fingerprint density at radius 3 is 2.38 bits per heavy atom. The van der Waals surface area contributed by atoms with Crippen molar-refractivity contribution in [1.29, 1.82) is 0 Å². The van der Waals surface area contributed by atoms with Gasteiger partial charge in [0.1, 0.15) is 11.9 Å². The van der Waals surface area contributed by atoms with E-state index in [0.29, 0.717) is 6.54 Å². The van der Waals surface area contributed by atoms with Gasteiger partial charge in [-0.25, -0.2) is 0 Å². The second kappa shape index (κ2) is 9.85. The number of halogens is 1. The summed E-state index contributed by atoms with van der Waals surface area (Å²) in [5.74, 6) is 0.505. The van der Waals surface area contributed by atoms with Gasteiger partial charge in [0.25, 0.3) is 5.91 Å². The van der Waals surface area contributed by atoms with Gasteiger partial charge in [0.15, 0.2) is 0 Å². The maximum Gasteiger partial charge on any atom is 0.257 e. The van der Waals surface area contributed by atoms with E-state index in [4.69, 9.17) is 4.74 Å². The van der Waals surface area contributed by atoms with Crippen LogP contribution < -0.4 is 9.64 Å². The van der Waals surface area contributed by atoms with Crippen molar-refractivity contribution >= 4 is 35.8 Å². The molecule has 5 nitrogen and oxygen atoms in total. The van der Waals surface area contributed by atoms with Gasteiger partial charge in [0.05, 0.1) is 18.0 Å². The lowest BCUT2D eigenvalue weighted by Crippen LogP contribution is -2.43. The molecule has 1 heterocycles. The van der Waals surface area contributed by atoms with Crippen LogP contribution in [0.2, 0.25) is 0 Å². The number of amides is 1. The Bertz CT molecular complexity index is 858. The van der Waals surface area contributed by atoms with E-state index in [1.165, 1.54) is 0 Å². The van der Waals surface area contributed by atoms with Crippen LogP contribution in [0.5, 0.6) is 5.75 Å². The molecule has 1 N–H and O–H groups in total. The molecule has 2 atom stereocenters. The Kier molecular flexibility index (Phi) is 8.00. The number of methoxy groups -OCH3 is 1. The number of hydrogen-bond donors (Lipinski definition) is 1. The number of carbonyl (C=O) groups excluding carboxylic acids is 1. The minimum Gasteiger partial charge on any atom is -0.497 e. The zero-order valence-electron chi connectivity index (χ0n) is 17.5. The molecule has 0 unspecified atom stereocenters. The van der Waals surface area contributed by atoms with Gasteiger partial charge < -0.3 is 19.6 Å². The average molecular weight is 437 g/mol. The summed E-state index contributed by atoms with van der Waals surface area (Å²) in [4.78, 5) is 18.1. The highest BCUT2D eigenvalue weighted by atomic mass is 35.5. The number of likely N-dealkylation sites (N-methyl/N-ethyl adjacent to an activating group) is 1. The first kappa shape index (κ1) is 23.5. The largest absolute Gasteiger partial charge is 0.497 e. The number of nitrogens with zero attached hydrogens (tertiary/aromatic N) is 2. The smallest absolute Gasteiger partial charge is 0.257 e. The fourth-order valence-corrected chi connectivity index (χ4v) is 4.71. The van der Waals surface area contributed by atoms with Gasteiger partial charge in [-0.3, -0.25) is 4.79 Å². The number of thioether (sulfide) groups is 1. The highest BCUT2D eigenvalue weighted by Crippen LogP contribution is 2.47. The van der Waals surface area contributed by atoms with Gasteiger partial charge in [-0.05, 0) is 62.8 Å². The molecule has 2 aromatic rings. The van der Waals surface area contributed by atoms with Gasteiger partial charge in [-0.1, -0.05) is 18.2 Å². The molecule has 0 aromatic heterocycles. The first-order chi connectivity index (χ1) is 13.3. The highest BCUT2D eigenvalue weighted by Gasteiger charge is 2.38. The van der Waals surface area contributed by atoms with Gasteiger partial charge >= 0.3 is 0 Å². The number of aliphatic hydroxyl groups excluding tert-OH is 1. The fraction of sp³-hybridized carbons (Fsp3) is 0.409. The Labute approximate surface area is 183 Å². The summed E-state index contributed by atoms with van der Waals surface area (Å²) in [6.07, 6.45) is -1.12. The number of carbonyl (C=O) groups is 1. The number of rotatable bonds is 5. The summed E-state index contributed by atoms with van der Waals surface area (Å²) >= 11 is 1.55. The molecule has 0 aliphatic carbocycles. The number of anilines is 1. The number of aliphatic hydroxyl groups is 1. The van der Waals surface area contributed by atoms with E-state index in [1.54, 1.807) is 23.8 Å². The number of ether oxygens (including phenoxy) is 1. The lowest BCUT2D eigenvalue weighted by atomic mass is 10.0. The maximum absolute atomic E-state index is 13.3. The average Bonchev–Trinajstić information content (AvgIpc) is 2.79. The second-order valence-corrected chi connectivity index (χ2v) is 8.59. The zero-order valence-corrected chi connectivity index (χ0v) is 19.1. The molecule has 7 heteroatoms. The van der Waals surface area contributed by atoms with E-state index in [-0.39, 0.29) is 23.6 Å². The minimum absolute atomic E-state index is 0. The SMILES string of the molecule is COc1ccc([C@@H]2Sc3ccc(C)c(C)c3N(CCN(C)C)C(=O)[C@@H]2O)cc1.Cl. The van der Waals surface area contributed by atoms with Gasteiger partial charge in [0, 0.05) is 18.0 Å². The van der Waals surface area contributed by atoms with Crippen LogP contribution in [0.1, 0.15) is 21.9 Å². The summed E-state index contributed by atoms with van der Waals surface area (Å²) in [5, 5.41) is 10.6. The first-order valence-corrected chi connectivity index (χ1v) is 10.3. The maximum atomic E-state index is 13.3. The van der Waals surface area contributed by atoms with Gasteiger partial charge in [0.2, 0.25) is 0 Å². The molecule has 0 radical (unpaired) electrons. The standard InChI is InChI=1S/C22H28N2O3S.ClH/c1-14-6-11-18-19(15(14)2)24(13-12-23(3)4)22(26)20(25)21(28-18)16-7-9-17(27-5)10-8-16;/h6-11,20-21,25H,12-13H2,1-5H3;1H/t20-,21+;/m1./s1. The van der Waals surface area contributed by atoms with Crippen molar-refractivity contribution in [2.24, 2.45) is 0 Å². The molecule has 29 heavy (non-hydrogen) atoms. The fourth-order valence-electron chi connectivity index (χ4n) is 3.37. The van der Waals surface area contributed by atoms with Crippen LogP contribution in [0.4, 0.5) is 5.69 Å². The molecule has 0 fully saturated rings. The van der Waals surface area contributed by atoms with Crippen molar-refractivity contribution in [2.45, 2.75) is 30.1 Å². The molecule has 0 spiro atoms.